The Morgan fingerprint density at radius 3 is 1.84 bits per heavy atom. The first-order valence-electron chi connectivity index (χ1n) is 8.24. The molecule has 0 fully saturated rings. The highest BCUT2D eigenvalue weighted by atomic mass is 28.4. The maximum Gasteiger partial charge on any atom is 0.537 e. The highest BCUT2D eigenvalue weighted by Crippen LogP contribution is 2.24. The molecule has 0 aromatic heterocycles. The van der Waals surface area contributed by atoms with Gasteiger partial charge < -0.3 is 13.3 Å². The lowest BCUT2D eigenvalue weighted by Gasteiger charge is -2.32. The van der Waals surface area contributed by atoms with Gasteiger partial charge in [0.2, 0.25) is 0 Å². The van der Waals surface area contributed by atoms with Crippen LogP contribution in [0, 0.1) is 11.6 Å². The second kappa shape index (κ2) is 8.18. The summed E-state index contributed by atoms with van der Waals surface area (Å²) >= 11 is 0. The summed E-state index contributed by atoms with van der Waals surface area (Å²) in [6, 6.07) is 10.7. The van der Waals surface area contributed by atoms with E-state index in [-0.39, 0.29) is 12.2 Å². The molecular formula is C19H24F2O3Si. The van der Waals surface area contributed by atoms with E-state index in [0.717, 1.165) is 11.3 Å². The van der Waals surface area contributed by atoms with E-state index in [1.807, 2.05) is 39.8 Å². The maximum absolute atomic E-state index is 14.0. The minimum absolute atomic E-state index is 0.0698. The van der Waals surface area contributed by atoms with Gasteiger partial charge in [0.05, 0.1) is 0 Å². The zero-order chi connectivity index (χ0) is 18.6. The molecule has 0 heterocycles. The molecule has 0 radical (unpaired) electrons. The molecular weight excluding hydrogens is 342 g/mol. The summed E-state index contributed by atoms with van der Waals surface area (Å²) in [6.45, 7) is 7.69. The third-order valence-corrected chi connectivity index (χ3v) is 6.67. The van der Waals surface area contributed by atoms with Crippen molar-refractivity contribution >= 4 is 14.0 Å². The Morgan fingerprint density at radius 2 is 1.40 bits per heavy atom. The van der Waals surface area contributed by atoms with Crippen LogP contribution in [0.25, 0.3) is 11.1 Å². The van der Waals surface area contributed by atoms with Crippen LogP contribution in [-0.2, 0) is 13.3 Å². The van der Waals surface area contributed by atoms with E-state index in [1.165, 1.54) is 12.1 Å². The first-order chi connectivity index (χ1) is 11.8. The first-order valence-corrected chi connectivity index (χ1v) is 9.96. The van der Waals surface area contributed by atoms with Crippen molar-refractivity contribution in [3.05, 3.63) is 54.1 Å². The molecule has 0 spiro atoms. The van der Waals surface area contributed by atoms with Crippen molar-refractivity contribution in [2.75, 3.05) is 7.11 Å². The second-order valence-electron chi connectivity index (χ2n) is 6.30. The normalized spacial score (nSPS) is 12.2. The van der Waals surface area contributed by atoms with Gasteiger partial charge in [-0.2, -0.15) is 0 Å². The molecule has 0 aliphatic heterocycles. The lowest BCUT2D eigenvalue weighted by molar-refractivity contribution is 0.0456. The molecule has 2 rings (SSSR count). The van der Waals surface area contributed by atoms with Crippen LogP contribution in [-0.4, -0.2) is 28.1 Å². The van der Waals surface area contributed by atoms with E-state index < -0.39 is 20.4 Å². The monoisotopic (exact) mass is 366 g/mol. The molecule has 0 saturated carbocycles. The molecule has 0 aliphatic rings. The third kappa shape index (κ3) is 4.73. The number of benzene rings is 2. The Labute approximate surface area is 148 Å². The van der Waals surface area contributed by atoms with Crippen molar-refractivity contribution < 1.29 is 22.1 Å². The summed E-state index contributed by atoms with van der Waals surface area (Å²) in [4.78, 5) is 0. The fourth-order valence-electron chi connectivity index (χ4n) is 2.58. The van der Waals surface area contributed by atoms with E-state index in [4.69, 9.17) is 13.3 Å². The molecule has 6 heteroatoms. The molecule has 0 unspecified atom stereocenters. The summed E-state index contributed by atoms with van der Waals surface area (Å²) in [6.07, 6.45) is -0.140. The van der Waals surface area contributed by atoms with Crippen molar-refractivity contribution in [1.82, 2.24) is 0 Å². The topological polar surface area (TPSA) is 27.7 Å². The van der Waals surface area contributed by atoms with Crippen LogP contribution in [0.5, 0.6) is 0 Å². The van der Waals surface area contributed by atoms with Crippen LogP contribution in [0.2, 0.25) is 0 Å². The summed E-state index contributed by atoms with van der Waals surface area (Å²) < 4.78 is 44.8. The van der Waals surface area contributed by atoms with E-state index >= 15 is 0 Å². The fourth-order valence-corrected chi connectivity index (χ4v) is 5.15. The Balaban J connectivity index is 2.40. The lowest BCUT2D eigenvalue weighted by atomic mass is 10.1. The predicted octanol–water partition coefficient (Wildman–Crippen LogP) is 4.27. The Hall–Kier alpha value is -1.60. The van der Waals surface area contributed by atoms with E-state index in [2.05, 4.69) is 0 Å². The molecule has 136 valence electrons. The predicted molar refractivity (Wildman–Crippen MR) is 96.6 cm³/mol. The van der Waals surface area contributed by atoms with Gasteiger partial charge in [-0.3, -0.25) is 0 Å². The van der Waals surface area contributed by atoms with Gasteiger partial charge in [0.25, 0.3) is 0 Å². The van der Waals surface area contributed by atoms with Gasteiger partial charge in [-0.25, -0.2) is 8.78 Å². The molecule has 0 N–H and O–H groups in total. The van der Waals surface area contributed by atoms with E-state index in [1.54, 1.807) is 19.2 Å². The molecule has 0 aliphatic carbocycles. The quantitative estimate of drug-likeness (QED) is 0.685. The third-order valence-electron chi connectivity index (χ3n) is 3.53. The molecule has 25 heavy (non-hydrogen) atoms. The number of rotatable bonds is 7. The average Bonchev–Trinajstić information content (AvgIpc) is 2.53. The average molecular weight is 366 g/mol. The van der Waals surface area contributed by atoms with Crippen molar-refractivity contribution in [3.63, 3.8) is 0 Å². The van der Waals surface area contributed by atoms with E-state index in [9.17, 15) is 8.78 Å². The molecule has 0 atom stereocenters. The van der Waals surface area contributed by atoms with Crippen molar-refractivity contribution in [2.45, 2.75) is 39.9 Å². The lowest BCUT2D eigenvalue weighted by Crippen LogP contribution is -2.58. The Morgan fingerprint density at radius 1 is 0.840 bits per heavy atom. The van der Waals surface area contributed by atoms with Crippen LogP contribution in [0.15, 0.2) is 42.5 Å². The van der Waals surface area contributed by atoms with Gasteiger partial charge in [-0.15, -0.1) is 0 Å². The number of halogens is 2. The molecule has 0 bridgehead atoms. The molecule has 0 saturated heterocycles. The Kier molecular flexibility index (Phi) is 6.45. The highest BCUT2D eigenvalue weighted by Gasteiger charge is 2.44. The molecule has 3 nitrogen and oxygen atoms in total. The number of hydrogen-bond donors (Lipinski definition) is 0. The zero-order valence-electron chi connectivity index (χ0n) is 15.2. The van der Waals surface area contributed by atoms with Crippen molar-refractivity contribution in [2.24, 2.45) is 0 Å². The van der Waals surface area contributed by atoms with Gasteiger partial charge in [0, 0.05) is 36.1 Å². The van der Waals surface area contributed by atoms with Crippen LogP contribution in [0.3, 0.4) is 0 Å². The van der Waals surface area contributed by atoms with Gasteiger partial charge in [0.15, 0.2) is 0 Å². The minimum Gasteiger partial charge on any atom is -0.373 e. The summed E-state index contributed by atoms with van der Waals surface area (Å²) in [5, 5.41) is 0.795. The summed E-state index contributed by atoms with van der Waals surface area (Å²) in [7, 11) is -1.50. The largest absolute Gasteiger partial charge is 0.537 e. The zero-order valence-corrected chi connectivity index (χ0v) is 16.2. The SMILES string of the molecule is CO[Si](OC(C)C)(OC(C)C)c1ccc(-c2ccc(F)cc2F)cc1. The van der Waals surface area contributed by atoms with Crippen molar-refractivity contribution in [3.8, 4) is 11.1 Å². The van der Waals surface area contributed by atoms with Crippen LogP contribution in [0.1, 0.15) is 27.7 Å². The smallest absolute Gasteiger partial charge is 0.373 e. The van der Waals surface area contributed by atoms with Crippen LogP contribution >= 0.6 is 0 Å². The summed E-state index contributed by atoms with van der Waals surface area (Å²) in [5.74, 6) is -1.20. The van der Waals surface area contributed by atoms with Crippen LogP contribution in [0.4, 0.5) is 8.78 Å². The maximum atomic E-state index is 14.0. The van der Waals surface area contributed by atoms with E-state index in [0.29, 0.717) is 11.1 Å². The van der Waals surface area contributed by atoms with Crippen molar-refractivity contribution in [1.29, 1.82) is 0 Å². The van der Waals surface area contributed by atoms with Gasteiger partial charge >= 0.3 is 8.80 Å². The molecule has 2 aromatic carbocycles. The van der Waals surface area contributed by atoms with Gasteiger partial charge in [0.1, 0.15) is 11.6 Å². The number of hydrogen-bond acceptors (Lipinski definition) is 3. The standard InChI is InChI=1S/C19H24F2O3Si/c1-13(2)23-25(22-5,24-14(3)4)17-9-6-15(7-10-17)18-11-8-16(20)12-19(18)21/h6-14H,1-5H3. The highest BCUT2D eigenvalue weighted by molar-refractivity contribution is 6.75. The first kappa shape index (κ1) is 19.7. The van der Waals surface area contributed by atoms with Crippen LogP contribution < -0.4 is 5.19 Å². The fraction of sp³-hybridized carbons (Fsp3) is 0.368. The molecule has 2 aromatic rings. The second-order valence-corrected chi connectivity index (χ2v) is 8.86. The van der Waals surface area contributed by atoms with Gasteiger partial charge in [-0.1, -0.05) is 24.3 Å². The minimum atomic E-state index is -3.07. The summed E-state index contributed by atoms with van der Waals surface area (Å²) in [5.41, 5.74) is 0.988. The Bertz CT molecular complexity index is 692. The van der Waals surface area contributed by atoms with Gasteiger partial charge in [-0.05, 0) is 45.4 Å². The molecule has 0 amide bonds.